The van der Waals surface area contributed by atoms with Crippen molar-refractivity contribution in [1.82, 2.24) is 0 Å². The Labute approximate surface area is 101 Å². The minimum absolute atomic E-state index is 0.259. The lowest BCUT2D eigenvalue weighted by Gasteiger charge is -2.21. The molecule has 1 atom stereocenters. The normalized spacial score (nSPS) is 12.2. The van der Waals surface area contributed by atoms with Gasteiger partial charge in [-0.05, 0) is 31.5 Å². The summed E-state index contributed by atoms with van der Waals surface area (Å²) in [7, 11) is 0. The van der Waals surface area contributed by atoms with Gasteiger partial charge in [-0.1, -0.05) is 12.1 Å². The van der Waals surface area contributed by atoms with Gasteiger partial charge in [0.25, 0.3) is 0 Å². The van der Waals surface area contributed by atoms with Crippen molar-refractivity contribution in [3.63, 3.8) is 0 Å². The third-order valence-electron chi connectivity index (χ3n) is 2.77. The monoisotopic (exact) mass is 237 g/mol. The molecule has 0 radical (unpaired) electrons. The number of aliphatic hydroxyl groups is 1. The van der Waals surface area contributed by atoms with Crippen molar-refractivity contribution >= 4 is 11.7 Å². The third-order valence-corrected chi connectivity index (χ3v) is 2.77. The fourth-order valence-corrected chi connectivity index (χ4v) is 1.78. The predicted molar refractivity (Wildman–Crippen MR) is 67.2 cm³/mol. The van der Waals surface area contributed by atoms with Crippen molar-refractivity contribution in [2.24, 2.45) is 0 Å². The molecular weight excluding hydrogens is 218 g/mol. The van der Waals surface area contributed by atoms with Crippen LogP contribution in [-0.4, -0.2) is 29.3 Å². The molecule has 1 aromatic rings. The number of hydrogen-bond donors (Lipinski definition) is 2. The first-order chi connectivity index (χ1) is 8.08. The molecule has 0 aliphatic carbocycles. The van der Waals surface area contributed by atoms with Crippen molar-refractivity contribution in [3.8, 4) is 0 Å². The van der Waals surface area contributed by atoms with Crippen LogP contribution in [0, 0.1) is 0 Å². The maximum atomic E-state index is 10.5. The molecule has 4 nitrogen and oxygen atoms in total. The van der Waals surface area contributed by atoms with Crippen LogP contribution in [0.5, 0.6) is 0 Å². The first-order valence-corrected chi connectivity index (χ1v) is 5.83. The van der Waals surface area contributed by atoms with Crippen LogP contribution in [0.3, 0.4) is 0 Å². The summed E-state index contributed by atoms with van der Waals surface area (Å²) >= 11 is 0. The molecule has 1 aromatic carbocycles. The van der Waals surface area contributed by atoms with Crippen LogP contribution in [-0.2, 0) is 4.79 Å². The van der Waals surface area contributed by atoms with Gasteiger partial charge in [0.15, 0.2) is 0 Å². The zero-order valence-corrected chi connectivity index (χ0v) is 10.3. The minimum Gasteiger partial charge on any atom is -0.481 e. The van der Waals surface area contributed by atoms with E-state index in [1.54, 1.807) is 12.1 Å². The van der Waals surface area contributed by atoms with E-state index in [9.17, 15) is 9.90 Å². The van der Waals surface area contributed by atoms with Gasteiger partial charge in [0.05, 0.1) is 12.5 Å². The quantitative estimate of drug-likeness (QED) is 0.795. The zero-order valence-electron chi connectivity index (χ0n) is 10.3. The van der Waals surface area contributed by atoms with E-state index in [4.69, 9.17) is 5.11 Å². The lowest BCUT2D eigenvalue weighted by Crippen LogP contribution is -2.21. The van der Waals surface area contributed by atoms with Crippen LogP contribution in [0.4, 0.5) is 5.69 Å². The molecule has 0 fully saturated rings. The highest BCUT2D eigenvalue weighted by Gasteiger charge is 2.12. The second kappa shape index (κ2) is 6.25. The largest absolute Gasteiger partial charge is 0.481 e. The molecule has 2 N–H and O–H groups in total. The summed E-state index contributed by atoms with van der Waals surface area (Å²) in [6.45, 7) is 6.01. The van der Waals surface area contributed by atoms with Gasteiger partial charge >= 0.3 is 5.97 Å². The second-order valence-corrected chi connectivity index (χ2v) is 3.88. The minimum atomic E-state index is -0.995. The molecule has 0 amide bonds. The molecule has 0 saturated carbocycles. The number of anilines is 1. The summed E-state index contributed by atoms with van der Waals surface area (Å²) in [6, 6.07) is 7.38. The second-order valence-electron chi connectivity index (χ2n) is 3.88. The smallest absolute Gasteiger partial charge is 0.306 e. The van der Waals surface area contributed by atoms with Gasteiger partial charge in [-0.3, -0.25) is 4.79 Å². The molecule has 0 spiro atoms. The lowest BCUT2D eigenvalue weighted by atomic mass is 10.1. The summed E-state index contributed by atoms with van der Waals surface area (Å²) in [5.74, 6) is -0.995. The van der Waals surface area contributed by atoms with E-state index in [1.807, 2.05) is 12.1 Å². The number of hydrogen-bond acceptors (Lipinski definition) is 3. The van der Waals surface area contributed by atoms with Crippen molar-refractivity contribution in [3.05, 3.63) is 29.8 Å². The topological polar surface area (TPSA) is 60.8 Å². The molecule has 0 heterocycles. The van der Waals surface area contributed by atoms with E-state index in [0.29, 0.717) is 5.56 Å². The number of rotatable bonds is 6. The fraction of sp³-hybridized carbons (Fsp3) is 0.462. The maximum Gasteiger partial charge on any atom is 0.306 e. The number of benzene rings is 1. The van der Waals surface area contributed by atoms with E-state index in [0.717, 1.165) is 18.8 Å². The van der Waals surface area contributed by atoms with E-state index < -0.39 is 12.1 Å². The van der Waals surface area contributed by atoms with E-state index >= 15 is 0 Å². The predicted octanol–water partition coefficient (Wildman–Crippen LogP) is 2.04. The summed E-state index contributed by atoms with van der Waals surface area (Å²) in [5, 5.41) is 18.2. The van der Waals surface area contributed by atoms with Crippen LogP contribution in [0.15, 0.2) is 24.3 Å². The van der Waals surface area contributed by atoms with Crippen LogP contribution >= 0.6 is 0 Å². The van der Waals surface area contributed by atoms with Gasteiger partial charge in [0.1, 0.15) is 0 Å². The van der Waals surface area contributed by atoms with Crippen molar-refractivity contribution in [1.29, 1.82) is 0 Å². The number of carbonyl (C=O) groups is 1. The van der Waals surface area contributed by atoms with E-state index in [2.05, 4.69) is 18.7 Å². The third kappa shape index (κ3) is 3.75. The number of nitrogens with zero attached hydrogens (tertiary/aromatic N) is 1. The Hall–Kier alpha value is -1.55. The number of aliphatic carboxylic acids is 1. The Kier molecular flexibility index (Phi) is 4.97. The SMILES string of the molecule is CCN(CC)c1ccc([C@@H](O)CC(=O)O)cc1. The van der Waals surface area contributed by atoms with Gasteiger partial charge in [0.2, 0.25) is 0 Å². The van der Waals surface area contributed by atoms with Crippen LogP contribution < -0.4 is 4.90 Å². The first kappa shape index (κ1) is 13.5. The molecule has 4 heteroatoms. The Balaban J connectivity index is 2.76. The van der Waals surface area contributed by atoms with Crippen molar-refractivity contribution in [2.75, 3.05) is 18.0 Å². The number of carboxylic acids is 1. The Bertz CT molecular complexity index is 357. The Morgan fingerprint density at radius 2 is 1.76 bits per heavy atom. The van der Waals surface area contributed by atoms with E-state index in [-0.39, 0.29) is 6.42 Å². The first-order valence-electron chi connectivity index (χ1n) is 5.83. The highest BCUT2D eigenvalue weighted by atomic mass is 16.4. The summed E-state index contributed by atoms with van der Waals surface area (Å²) in [4.78, 5) is 12.7. The molecule has 17 heavy (non-hydrogen) atoms. The number of carboxylic acid groups (broad SMARTS) is 1. The molecule has 1 rings (SSSR count). The molecule has 0 saturated heterocycles. The zero-order chi connectivity index (χ0) is 12.8. The summed E-state index contributed by atoms with van der Waals surface area (Å²) in [6.07, 6.45) is -1.19. The van der Waals surface area contributed by atoms with Gasteiger partial charge in [0, 0.05) is 18.8 Å². The van der Waals surface area contributed by atoms with Gasteiger partial charge in [-0.15, -0.1) is 0 Å². The van der Waals surface area contributed by atoms with Gasteiger partial charge in [-0.25, -0.2) is 0 Å². The lowest BCUT2D eigenvalue weighted by molar-refractivity contribution is -0.139. The van der Waals surface area contributed by atoms with Crippen LogP contribution in [0.2, 0.25) is 0 Å². The van der Waals surface area contributed by atoms with E-state index in [1.165, 1.54) is 0 Å². The van der Waals surface area contributed by atoms with Crippen LogP contribution in [0.1, 0.15) is 31.9 Å². The molecule has 0 aromatic heterocycles. The van der Waals surface area contributed by atoms with Gasteiger partial charge in [-0.2, -0.15) is 0 Å². The highest BCUT2D eigenvalue weighted by Crippen LogP contribution is 2.21. The summed E-state index contributed by atoms with van der Waals surface area (Å²) < 4.78 is 0. The molecule has 94 valence electrons. The molecule has 0 aliphatic heterocycles. The Morgan fingerprint density at radius 3 is 2.18 bits per heavy atom. The standard InChI is InChI=1S/C13H19NO3/c1-3-14(4-2)11-7-5-10(6-8-11)12(15)9-13(16)17/h5-8,12,15H,3-4,9H2,1-2H3,(H,16,17)/t12-/m0/s1. The molecular formula is C13H19NO3. The molecule has 0 unspecified atom stereocenters. The average Bonchev–Trinajstić information content (AvgIpc) is 2.30. The molecule has 0 aliphatic rings. The maximum absolute atomic E-state index is 10.5. The molecule has 0 bridgehead atoms. The fourth-order valence-electron chi connectivity index (χ4n) is 1.78. The summed E-state index contributed by atoms with van der Waals surface area (Å²) in [5.41, 5.74) is 1.73. The Morgan fingerprint density at radius 1 is 1.24 bits per heavy atom. The highest BCUT2D eigenvalue weighted by molar-refractivity contribution is 5.67. The van der Waals surface area contributed by atoms with Crippen molar-refractivity contribution in [2.45, 2.75) is 26.4 Å². The van der Waals surface area contributed by atoms with Crippen molar-refractivity contribution < 1.29 is 15.0 Å². The average molecular weight is 237 g/mol. The van der Waals surface area contributed by atoms with Crippen LogP contribution in [0.25, 0.3) is 0 Å². The number of aliphatic hydroxyl groups excluding tert-OH is 1. The van der Waals surface area contributed by atoms with Gasteiger partial charge < -0.3 is 15.1 Å².